The van der Waals surface area contributed by atoms with Crippen molar-refractivity contribution in [2.24, 2.45) is 0 Å². The van der Waals surface area contributed by atoms with Crippen molar-refractivity contribution in [1.82, 2.24) is 10.2 Å². The molecule has 1 atom stereocenters. The second kappa shape index (κ2) is 6.66. The molecular formula is C13H18N4OS. The average Bonchev–Trinajstić information content (AvgIpc) is 2.86. The van der Waals surface area contributed by atoms with Crippen molar-refractivity contribution in [3.05, 3.63) is 17.0 Å². The standard InChI is InChI=1S/C13H18N4OS/c1-15-11-3-2-5-17(8-11)9-12(18)16-13-10(7-14)4-6-19-13/h4,6,11,15H,2-3,5,8-9H2,1H3,(H,16,18). The summed E-state index contributed by atoms with van der Waals surface area (Å²) in [6.07, 6.45) is 2.28. The first-order valence-electron chi connectivity index (χ1n) is 6.40. The van der Waals surface area contributed by atoms with Crippen LogP contribution < -0.4 is 10.6 Å². The number of nitrogens with zero attached hydrogens (tertiary/aromatic N) is 2. The normalized spacial score (nSPS) is 19.9. The van der Waals surface area contributed by atoms with E-state index in [1.165, 1.54) is 11.3 Å². The quantitative estimate of drug-likeness (QED) is 0.869. The van der Waals surface area contributed by atoms with Crippen molar-refractivity contribution in [2.75, 3.05) is 32.0 Å². The van der Waals surface area contributed by atoms with E-state index in [2.05, 4.69) is 21.6 Å². The smallest absolute Gasteiger partial charge is 0.239 e. The van der Waals surface area contributed by atoms with Gasteiger partial charge in [0.2, 0.25) is 5.91 Å². The molecule has 1 fully saturated rings. The number of rotatable bonds is 4. The number of thiophene rings is 1. The van der Waals surface area contributed by atoms with Crippen LogP contribution in [0.5, 0.6) is 0 Å². The second-order valence-corrected chi connectivity index (χ2v) is 5.60. The molecule has 2 rings (SSSR count). The molecular weight excluding hydrogens is 260 g/mol. The van der Waals surface area contributed by atoms with Crippen molar-refractivity contribution >= 4 is 22.2 Å². The Balaban J connectivity index is 1.86. The van der Waals surface area contributed by atoms with Gasteiger partial charge in [0, 0.05) is 12.6 Å². The van der Waals surface area contributed by atoms with E-state index in [4.69, 9.17) is 5.26 Å². The van der Waals surface area contributed by atoms with Gasteiger partial charge >= 0.3 is 0 Å². The lowest BCUT2D eigenvalue weighted by atomic mass is 10.1. The Kier molecular flexibility index (Phi) is 4.91. The first kappa shape index (κ1) is 14.0. The maximum atomic E-state index is 12.0. The highest BCUT2D eigenvalue weighted by Gasteiger charge is 2.20. The van der Waals surface area contributed by atoms with Gasteiger partial charge in [-0.1, -0.05) is 0 Å². The molecule has 1 aliphatic rings. The summed E-state index contributed by atoms with van der Waals surface area (Å²) in [6, 6.07) is 4.26. The molecule has 0 aliphatic carbocycles. The van der Waals surface area contributed by atoms with Crippen LogP contribution in [0.3, 0.4) is 0 Å². The molecule has 0 bridgehead atoms. The van der Waals surface area contributed by atoms with Crippen molar-refractivity contribution < 1.29 is 4.79 Å². The first-order chi connectivity index (χ1) is 9.22. The third-order valence-corrected chi connectivity index (χ3v) is 4.15. The topological polar surface area (TPSA) is 68.2 Å². The van der Waals surface area contributed by atoms with E-state index in [1.807, 2.05) is 12.4 Å². The monoisotopic (exact) mass is 278 g/mol. The number of carbonyl (C=O) groups excluding carboxylic acids is 1. The molecule has 6 heteroatoms. The molecule has 0 saturated carbocycles. The Morgan fingerprint density at radius 3 is 3.26 bits per heavy atom. The maximum absolute atomic E-state index is 12.0. The van der Waals surface area contributed by atoms with E-state index < -0.39 is 0 Å². The number of hydrogen-bond acceptors (Lipinski definition) is 5. The molecule has 0 aromatic carbocycles. The number of anilines is 1. The predicted octanol–water partition coefficient (Wildman–Crippen LogP) is 1.24. The van der Waals surface area contributed by atoms with Crippen LogP contribution in [0, 0.1) is 11.3 Å². The van der Waals surface area contributed by atoms with Crippen molar-refractivity contribution in [2.45, 2.75) is 18.9 Å². The molecule has 5 nitrogen and oxygen atoms in total. The molecule has 0 radical (unpaired) electrons. The second-order valence-electron chi connectivity index (χ2n) is 4.69. The zero-order chi connectivity index (χ0) is 13.7. The van der Waals surface area contributed by atoms with Gasteiger partial charge in [0.15, 0.2) is 0 Å². The lowest BCUT2D eigenvalue weighted by molar-refractivity contribution is -0.117. The zero-order valence-corrected chi connectivity index (χ0v) is 11.8. The number of nitrogens with one attached hydrogen (secondary N) is 2. The summed E-state index contributed by atoms with van der Waals surface area (Å²) >= 11 is 1.38. The first-order valence-corrected chi connectivity index (χ1v) is 7.28. The zero-order valence-electron chi connectivity index (χ0n) is 11.0. The molecule has 1 aromatic rings. The summed E-state index contributed by atoms with van der Waals surface area (Å²) in [5.74, 6) is -0.0456. The van der Waals surface area contributed by atoms with Crippen LogP contribution >= 0.6 is 11.3 Å². The molecule has 2 N–H and O–H groups in total. The molecule has 1 aromatic heterocycles. The van der Waals surface area contributed by atoms with Crippen molar-refractivity contribution in [1.29, 1.82) is 5.26 Å². The number of carbonyl (C=O) groups is 1. The van der Waals surface area contributed by atoms with E-state index in [-0.39, 0.29) is 5.91 Å². The van der Waals surface area contributed by atoms with Gasteiger partial charge in [-0.2, -0.15) is 5.26 Å². The molecule has 1 aliphatic heterocycles. The summed E-state index contributed by atoms with van der Waals surface area (Å²) in [4.78, 5) is 14.1. The Morgan fingerprint density at radius 2 is 2.53 bits per heavy atom. The minimum Gasteiger partial charge on any atom is -0.316 e. The minimum absolute atomic E-state index is 0.0456. The van der Waals surface area contributed by atoms with Gasteiger partial charge in [-0.25, -0.2) is 0 Å². The lowest BCUT2D eigenvalue weighted by Crippen LogP contribution is -2.46. The van der Waals surface area contributed by atoms with Gasteiger partial charge < -0.3 is 10.6 Å². The largest absolute Gasteiger partial charge is 0.316 e. The SMILES string of the molecule is CNC1CCCN(CC(=O)Nc2sccc2C#N)C1. The van der Waals surface area contributed by atoms with Gasteiger partial charge in [0.1, 0.15) is 11.1 Å². The van der Waals surface area contributed by atoms with Crippen molar-refractivity contribution in [3.63, 3.8) is 0 Å². The van der Waals surface area contributed by atoms with Crippen LogP contribution in [0.4, 0.5) is 5.00 Å². The van der Waals surface area contributed by atoms with Crippen LogP contribution in [0.15, 0.2) is 11.4 Å². The van der Waals surface area contributed by atoms with Crippen LogP contribution in [0.25, 0.3) is 0 Å². The highest BCUT2D eigenvalue weighted by atomic mass is 32.1. The van der Waals surface area contributed by atoms with Crippen LogP contribution in [-0.2, 0) is 4.79 Å². The maximum Gasteiger partial charge on any atom is 0.239 e. The Hall–Kier alpha value is -1.42. The van der Waals surface area contributed by atoms with Gasteiger partial charge in [0.25, 0.3) is 0 Å². The summed E-state index contributed by atoms with van der Waals surface area (Å²) in [6.45, 7) is 2.25. The number of nitriles is 1. The highest BCUT2D eigenvalue weighted by molar-refractivity contribution is 7.14. The molecule has 19 heavy (non-hydrogen) atoms. The fourth-order valence-corrected chi connectivity index (χ4v) is 3.05. The van der Waals surface area contributed by atoms with Gasteiger partial charge in [-0.15, -0.1) is 11.3 Å². The summed E-state index contributed by atoms with van der Waals surface area (Å²) in [7, 11) is 1.96. The number of likely N-dealkylation sites (N-methyl/N-ethyl adjacent to an activating group) is 1. The van der Waals surface area contributed by atoms with Crippen LogP contribution in [0.1, 0.15) is 18.4 Å². The summed E-state index contributed by atoms with van der Waals surface area (Å²) < 4.78 is 0. The molecule has 1 amide bonds. The molecule has 2 heterocycles. The fourth-order valence-electron chi connectivity index (χ4n) is 2.30. The molecule has 1 unspecified atom stereocenters. The lowest BCUT2D eigenvalue weighted by Gasteiger charge is -2.31. The van der Waals surface area contributed by atoms with Crippen LogP contribution in [-0.4, -0.2) is 43.5 Å². The number of hydrogen-bond donors (Lipinski definition) is 2. The predicted molar refractivity (Wildman–Crippen MR) is 76.2 cm³/mol. The number of likely N-dealkylation sites (tertiary alicyclic amines) is 1. The average molecular weight is 278 g/mol. The third-order valence-electron chi connectivity index (χ3n) is 3.32. The molecule has 1 saturated heterocycles. The van der Waals surface area contributed by atoms with Gasteiger partial charge in [0.05, 0.1) is 12.1 Å². The Morgan fingerprint density at radius 1 is 1.68 bits per heavy atom. The number of piperidine rings is 1. The fraction of sp³-hybridized carbons (Fsp3) is 0.538. The van der Waals surface area contributed by atoms with E-state index >= 15 is 0 Å². The van der Waals surface area contributed by atoms with E-state index in [1.54, 1.807) is 6.07 Å². The number of amides is 1. The minimum atomic E-state index is -0.0456. The highest BCUT2D eigenvalue weighted by Crippen LogP contribution is 2.22. The Labute approximate surface area is 117 Å². The van der Waals surface area contributed by atoms with E-state index in [0.717, 1.165) is 25.9 Å². The molecule has 102 valence electrons. The van der Waals surface area contributed by atoms with Crippen LogP contribution in [0.2, 0.25) is 0 Å². The van der Waals surface area contributed by atoms with Gasteiger partial charge in [-0.05, 0) is 37.9 Å². The Bertz CT molecular complexity index is 479. The summed E-state index contributed by atoms with van der Waals surface area (Å²) in [5, 5.41) is 17.4. The van der Waals surface area contributed by atoms with E-state index in [0.29, 0.717) is 23.2 Å². The summed E-state index contributed by atoms with van der Waals surface area (Å²) in [5.41, 5.74) is 0.532. The van der Waals surface area contributed by atoms with E-state index in [9.17, 15) is 4.79 Å². The van der Waals surface area contributed by atoms with Crippen molar-refractivity contribution in [3.8, 4) is 6.07 Å². The van der Waals surface area contributed by atoms with Gasteiger partial charge in [-0.3, -0.25) is 9.69 Å². The third kappa shape index (κ3) is 3.77. The molecule has 0 spiro atoms.